The molecule has 7 heteroatoms. The van der Waals surface area contributed by atoms with Crippen LogP contribution in [-0.2, 0) is 13.0 Å². The molecule has 0 aliphatic heterocycles. The molecule has 4 rings (SSSR count). The van der Waals surface area contributed by atoms with Gasteiger partial charge in [0, 0.05) is 23.7 Å². The second kappa shape index (κ2) is 9.42. The van der Waals surface area contributed by atoms with Gasteiger partial charge in [0.25, 0.3) is 5.91 Å². The molecule has 33 heavy (non-hydrogen) atoms. The molecule has 1 aromatic carbocycles. The van der Waals surface area contributed by atoms with Crippen LogP contribution >= 0.6 is 0 Å². The zero-order chi connectivity index (χ0) is 23.4. The van der Waals surface area contributed by atoms with E-state index in [0.29, 0.717) is 36.4 Å². The molecule has 0 aliphatic carbocycles. The third kappa shape index (κ3) is 5.75. The number of nitrogens with one attached hydrogen (secondary N) is 1. The number of anilines is 1. The second-order valence-corrected chi connectivity index (χ2v) is 8.69. The van der Waals surface area contributed by atoms with Crippen LogP contribution in [0.2, 0.25) is 0 Å². The van der Waals surface area contributed by atoms with Crippen LogP contribution in [0, 0.1) is 6.92 Å². The molecule has 0 aliphatic rings. The van der Waals surface area contributed by atoms with Crippen molar-refractivity contribution in [2.24, 2.45) is 0 Å². The van der Waals surface area contributed by atoms with Crippen molar-refractivity contribution in [2.75, 3.05) is 5.32 Å². The van der Waals surface area contributed by atoms with Gasteiger partial charge < -0.3 is 19.6 Å². The number of hydrogen-bond donors (Lipinski definition) is 2. The zero-order valence-corrected chi connectivity index (χ0v) is 19.1. The topological polar surface area (TPSA) is 88.8 Å². The number of hydrogen-bond acceptors (Lipinski definition) is 5. The van der Waals surface area contributed by atoms with Crippen molar-refractivity contribution in [3.05, 3.63) is 89.6 Å². The molecule has 1 amide bonds. The summed E-state index contributed by atoms with van der Waals surface area (Å²) in [4.78, 5) is 21.6. The standard InChI is InChI=1S/C26H28N4O3/c1-18-23(13-14-26(2,3)32)29-24-12-9-20(16-30(18)24)28-25(31)19-7-10-22(11-8-19)33-17-21-6-4-5-15-27-21/h4-12,15-16,32H,13-14,17H2,1-3H3,(H,28,31). The van der Waals surface area contributed by atoms with Crippen molar-refractivity contribution < 1.29 is 14.6 Å². The van der Waals surface area contributed by atoms with Gasteiger partial charge in [-0.3, -0.25) is 9.78 Å². The predicted octanol–water partition coefficient (Wildman–Crippen LogP) is 4.57. The maximum Gasteiger partial charge on any atom is 0.255 e. The summed E-state index contributed by atoms with van der Waals surface area (Å²) in [5.74, 6) is 0.469. The summed E-state index contributed by atoms with van der Waals surface area (Å²) in [6, 6.07) is 16.4. The molecular formula is C26H28N4O3. The van der Waals surface area contributed by atoms with E-state index in [4.69, 9.17) is 4.74 Å². The number of benzene rings is 1. The van der Waals surface area contributed by atoms with Crippen LogP contribution in [-0.4, -0.2) is 31.0 Å². The average molecular weight is 445 g/mol. The summed E-state index contributed by atoms with van der Waals surface area (Å²) in [6.07, 6.45) is 4.91. The smallest absolute Gasteiger partial charge is 0.255 e. The highest BCUT2D eigenvalue weighted by molar-refractivity contribution is 6.04. The van der Waals surface area contributed by atoms with E-state index in [-0.39, 0.29) is 5.91 Å². The molecule has 170 valence electrons. The fourth-order valence-electron chi connectivity index (χ4n) is 3.49. The number of fused-ring (bicyclic) bond motifs is 1. The molecule has 0 unspecified atom stereocenters. The van der Waals surface area contributed by atoms with E-state index in [2.05, 4.69) is 15.3 Å². The summed E-state index contributed by atoms with van der Waals surface area (Å²) in [7, 11) is 0. The highest BCUT2D eigenvalue weighted by Gasteiger charge is 2.16. The number of nitrogens with zero attached hydrogens (tertiary/aromatic N) is 3. The lowest BCUT2D eigenvalue weighted by molar-refractivity contribution is 0.0711. The van der Waals surface area contributed by atoms with Gasteiger partial charge in [0.05, 0.1) is 22.7 Å². The number of aliphatic hydroxyl groups is 1. The van der Waals surface area contributed by atoms with Gasteiger partial charge in [-0.1, -0.05) is 6.07 Å². The van der Waals surface area contributed by atoms with Gasteiger partial charge >= 0.3 is 0 Å². The minimum Gasteiger partial charge on any atom is -0.487 e. The minimum atomic E-state index is -0.736. The second-order valence-electron chi connectivity index (χ2n) is 8.69. The first-order chi connectivity index (χ1) is 15.8. The Morgan fingerprint density at radius 2 is 1.91 bits per heavy atom. The number of rotatable bonds is 8. The van der Waals surface area contributed by atoms with Crippen LogP contribution in [0.4, 0.5) is 5.69 Å². The minimum absolute atomic E-state index is 0.203. The van der Waals surface area contributed by atoms with Gasteiger partial charge in [-0.15, -0.1) is 0 Å². The maximum absolute atomic E-state index is 12.7. The van der Waals surface area contributed by atoms with Crippen LogP contribution in [0.15, 0.2) is 67.0 Å². The monoisotopic (exact) mass is 444 g/mol. The Balaban J connectivity index is 1.41. The SMILES string of the molecule is Cc1c(CCC(C)(C)O)nc2ccc(NC(=O)c3ccc(OCc4ccccn4)cc3)cn12. The first-order valence-corrected chi connectivity index (χ1v) is 10.9. The van der Waals surface area contributed by atoms with Crippen molar-refractivity contribution in [3.63, 3.8) is 0 Å². The molecule has 0 radical (unpaired) electrons. The molecule has 3 heterocycles. The fraction of sp³-hybridized carbons (Fsp3) is 0.269. The van der Waals surface area contributed by atoms with Gasteiger partial charge in [-0.25, -0.2) is 4.98 Å². The van der Waals surface area contributed by atoms with Crippen molar-refractivity contribution in [2.45, 2.75) is 45.8 Å². The van der Waals surface area contributed by atoms with Crippen LogP contribution in [0.1, 0.15) is 47.7 Å². The highest BCUT2D eigenvalue weighted by Crippen LogP contribution is 2.20. The van der Waals surface area contributed by atoms with Gasteiger partial charge in [0.15, 0.2) is 0 Å². The number of carbonyl (C=O) groups is 1. The van der Waals surface area contributed by atoms with E-state index in [1.54, 1.807) is 44.3 Å². The maximum atomic E-state index is 12.7. The highest BCUT2D eigenvalue weighted by atomic mass is 16.5. The lowest BCUT2D eigenvalue weighted by atomic mass is 10.0. The van der Waals surface area contributed by atoms with E-state index in [1.165, 1.54) is 0 Å². The van der Waals surface area contributed by atoms with Crippen molar-refractivity contribution in [1.82, 2.24) is 14.4 Å². The Morgan fingerprint density at radius 1 is 1.12 bits per heavy atom. The van der Waals surface area contributed by atoms with Crippen LogP contribution in [0.3, 0.4) is 0 Å². The quantitative estimate of drug-likeness (QED) is 0.416. The van der Waals surface area contributed by atoms with E-state index >= 15 is 0 Å². The van der Waals surface area contributed by atoms with Gasteiger partial charge in [0.1, 0.15) is 18.0 Å². The van der Waals surface area contributed by atoms with Gasteiger partial charge in [-0.2, -0.15) is 0 Å². The molecule has 0 bridgehead atoms. The Kier molecular flexibility index (Phi) is 6.42. The predicted molar refractivity (Wildman–Crippen MR) is 128 cm³/mol. The summed E-state index contributed by atoms with van der Waals surface area (Å²) < 4.78 is 7.69. The third-order valence-electron chi connectivity index (χ3n) is 5.42. The first kappa shape index (κ1) is 22.5. The summed E-state index contributed by atoms with van der Waals surface area (Å²) in [5, 5.41) is 12.9. The number of aromatic nitrogens is 3. The normalized spacial score (nSPS) is 11.5. The van der Waals surface area contributed by atoms with E-state index in [0.717, 1.165) is 22.7 Å². The number of aryl methyl sites for hydroxylation is 2. The molecule has 4 aromatic rings. The molecule has 0 fully saturated rings. The average Bonchev–Trinajstić information content (AvgIpc) is 3.12. The first-order valence-electron chi connectivity index (χ1n) is 10.9. The number of ether oxygens (including phenoxy) is 1. The Hall–Kier alpha value is -3.71. The lowest BCUT2D eigenvalue weighted by Gasteiger charge is -2.15. The molecule has 2 N–H and O–H groups in total. The largest absolute Gasteiger partial charge is 0.487 e. The summed E-state index contributed by atoms with van der Waals surface area (Å²) >= 11 is 0. The third-order valence-corrected chi connectivity index (χ3v) is 5.42. The molecule has 3 aromatic heterocycles. The fourth-order valence-corrected chi connectivity index (χ4v) is 3.49. The number of imidazole rings is 1. The van der Waals surface area contributed by atoms with Crippen molar-refractivity contribution in [3.8, 4) is 5.75 Å². The van der Waals surface area contributed by atoms with Crippen molar-refractivity contribution >= 4 is 17.2 Å². The van der Waals surface area contributed by atoms with Gasteiger partial charge in [0.2, 0.25) is 0 Å². The van der Waals surface area contributed by atoms with Crippen LogP contribution in [0.5, 0.6) is 5.75 Å². The van der Waals surface area contributed by atoms with Gasteiger partial charge in [-0.05, 0) is 82.1 Å². The van der Waals surface area contributed by atoms with Crippen molar-refractivity contribution in [1.29, 1.82) is 0 Å². The number of pyridine rings is 2. The molecular weight excluding hydrogens is 416 g/mol. The van der Waals surface area contributed by atoms with Crippen LogP contribution in [0.25, 0.3) is 5.65 Å². The Morgan fingerprint density at radius 3 is 2.61 bits per heavy atom. The summed E-state index contributed by atoms with van der Waals surface area (Å²) in [6.45, 7) is 5.96. The van der Waals surface area contributed by atoms with E-state index in [9.17, 15) is 9.90 Å². The lowest BCUT2D eigenvalue weighted by Crippen LogP contribution is -2.19. The number of amides is 1. The molecule has 7 nitrogen and oxygen atoms in total. The Bertz CT molecular complexity index is 1240. The Labute approximate surface area is 193 Å². The number of carbonyl (C=O) groups excluding carboxylic acids is 1. The van der Waals surface area contributed by atoms with E-state index < -0.39 is 5.60 Å². The zero-order valence-electron chi connectivity index (χ0n) is 19.1. The van der Waals surface area contributed by atoms with E-state index in [1.807, 2.05) is 47.9 Å². The molecule has 0 saturated heterocycles. The molecule has 0 saturated carbocycles. The summed E-state index contributed by atoms with van der Waals surface area (Å²) in [5.41, 5.74) is 4.08. The molecule has 0 spiro atoms. The van der Waals surface area contributed by atoms with Crippen LogP contribution < -0.4 is 10.1 Å². The molecule has 0 atom stereocenters.